The molecule has 2 saturated heterocycles. The van der Waals surface area contributed by atoms with Crippen molar-refractivity contribution in [1.29, 1.82) is 0 Å². The lowest BCUT2D eigenvalue weighted by atomic mass is 9.85. The molecule has 0 saturated carbocycles. The van der Waals surface area contributed by atoms with Gasteiger partial charge in [0.1, 0.15) is 5.54 Å². The zero-order chi connectivity index (χ0) is 17.2. The van der Waals surface area contributed by atoms with Gasteiger partial charge in [0.15, 0.2) is 0 Å². The van der Waals surface area contributed by atoms with Crippen LogP contribution >= 0.6 is 0 Å². The molecule has 0 aromatic heterocycles. The summed E-state index contributed by atoms with van der Waals surface area (Å²) in [5.41, 5.74) is 0.329. The van der Waals surface area contributed by atoms with Gasteiger partial charge in [-0.3, -0.25) is 9.59 Å². The van der Waals surface area contributed by atoms with Gasteiger partial charge in [-0.1, -0.05) is 18.2 Å². The minimum atomic E-state index is -1.15. The molecule has 0 atom stereocenters. The molecule has 2 fully saturated rings. The Labute approximate surface area is 139 Å². The Hall–Kier alpha value is -2.83. The van der Waals surface area contributed by atoms with E-state index >= 15 is 0 Å². The van der Waals surface area contributed by atoms with Crippen molar-refractivity contribution in [3.63, 3.8) is 0 Å². The highest BCUT2D eigenvalue weighted by atomic mass is 16.4. The van der Waals surface area contributed by atoms with Gasteiger partial charge in [0.05, 0.1) is 6.67 Å². The van der Waals surface area contributed by atoms with Crippen molar-refractivity contribution in [2.75, 3.05) is 24.7 Å². The molecule has 1 aromatic carbocycles. The number of amides is 2. The van der Waals surface area contributed by atoms with E-state index in [1.165, 1.54) is 0 Å². The fourth-order valence-electron chi connectivity index (χ4n) is 3.38. The summed E-state index contributed by atoms with van der Waals surface area (Å²) in [4.78, 5) is 38.6. The first kappa shape index (κ1) is 16.0. The molecule has 2 aliphatic heterocycles. The van der Waals surface area contributed by atoms with Crippen LogP contribution in [0, 0.1) is 0 Å². The Morgan fingerprint density at radius 3 is 2.42 bits per heavy atom. The fraction of sp³-hybridized carbons (Fsp3) is 0.353. The maximum atomic E-state index is 12.5. The van der Waals surface area contributed by atoms with Crippen LogP contribution in [0.1, 0.15) is 12.8 Å². The maximum absolute atomic E-state index is 12.5. The fourth-order valence-corrected chi connectivity index (χ4v) is 3.38. The van der Waals surface area contributed by atoms with Crippen LogP contribution in [-0.2, 0) is 14.4 Å². The molecule has 1 aromatic rings. The highest BCUT2D eigenvalue weighted by Crippen LogP contribution is 2.36. The summed E-state index contributed by atoms with van der Waals surface area (Å²) in [5, 5.41) is 11.5. The summed E-state index contributed by atoms with van der Waals surface area (Å²) in [5.74, 6) is -1.50. The number of carbonyl (C=O) groups is 3. The van der Waals surface area contributed by atoms with Gasteiger partial charge >= 0.3 is 5.97 Å². The molecule has 0 aliphatic carbocycles. The number of likely N-dealkylation sites (tertiary alicyclic amines) is 1. The first-order valence-corrected chi connectivity index (χ1v) is 7.84. The van der Waals surface area contributed by atoms with Crippen LogP contribution in [0.5, 0.6) is 0 Å². The lowest BCUT2D eigenvalue weighted by molar-refractivity contribution is -0.133. The monoisotopic (exact) mass is 329 g/mol. The largest absolute Gasteiger partial charge is 0.478 e. The quantitative estimate of drug-likeness (QED) is 0.792. The van der Waals surface area contributed by atoms with Gasteiger partial charge in [-0.15, -0.1) is 0 Å². The minimum absolute atomic E-state index is 0.0143. The number of piperidine rings is 1. The number of rotatable bonds is 3. The Kier molecular flexibility index (Phi) is 4.24. The molecule has 126 valence electrons. The number of aliphatic carboxylic acids is 1. The summed E-state index contributed by atoms with van der Waals surface area (Å²) >= 11 is 0. The molecule has 2 N–H and O–H groups in total. The number of anilines is 1. The predicted octanol–water partition coefficient (Wildman–Crippen LogP) is 0.582. The van der Waals surface area contributed by atoms with Gasteiger partial charge in [0, 0.05) is 30.9 Å². The number of carbonyl (C=O) groups excluding carboxylic acids is 2. The van der Waals surface area contributed by atoms with Gasteiger partial charge in [0.2, 0.25) is 11.8 Å². The van der Waals surface area contributed by atoms with Crippen LogP contribution < -0.4 is 10.2 Å². The molecule has 3 rings (SSSR count). The average Bonchev–Trinajstić information content (AvgIpc) is 2.90. The average molecular weight is 329 g/mol. The second-order valence-corrected chi connectivity index (χ2v) is 5.96. The Bertz CT molecular complexity index is 678. The van der Waals surface area contributed by atoms with E-state index in [4.69, 9.17) is 5.11 Å². The molecule has 1 spiro atoms. The lowest BCUT2D eigenvalue weighted by Gasteiger charge is -2.43. The molecule has 7 nitrogen and oxygen atoms in total. The van der Waals surface area contributed by atoms with Crippen LogP contribution in [0.2, 0.25) is 0 Å². The van der Waals surface area contributed by atoms with Crippen molar-refractivity contribution in [1.82, 2.24) is 10.2 Å². The molecule has 0 unspecified atom stereocenters. The van der Waals surface area contributed by atoms with Gasteiger partial charge in [0.25, 0.3) is 0 Å². The first-order chi connectivity index (χ1) is 11.5. The molecule has 2 amide bonds. The molecular weight excluding hydrogens is 310 g/mol. The number of nitrogens with one attached hydrogen (secondary N) is 1. The van der Waals surface area contributed by atoms with Gasteiger partial charge in [-0.05, 0) is 25.0 Å². The number of carboxylic acid groups (broad SMARTS) is 1. The zero-order valence-corrected chi connectivity index (χ0v) is 13.1. The Balaban J connectivity index is 1.74. The molecule has 0 bridgehead atoms. The molecule has 24 heavy (non-hydrogen) atoms. The molecular formula is C17H19N3O4. The van der Waals surface area contributed by atoms with Crippen molar-refractivity contribution in [3.8, 4) is 0 Å². The minimum Gasteiger partial charge on any atom is -0.478 e. The van der Waals surface area contributed by atoms with E-state index in [2.05, 4.69) is 10.2 Å². The maximum Gasteiger partial charge on any atom is 0.328 e. The Morgan fingerprint density at radius 2 is 1.79 bits per heavy atom. The highest BCUT2D eigenvalue weighted by molar-refractivity contribution is 5.95. The zero-order valence-electron chi connectivity index (χ0n) is 13.1. The number of para-hydroxylation sites is 1. The SMILES string of the molecule is O=C(O)C=CC(=O)N1CCC2(CC1)C(=O)NCN2c1ccccc1. The van der Waals surface area contributed by atoms with Crippen molar-refractivity contribution in [2.24, 2.45) is 0 Å². The van der Waals surface area contributed by atoms with E-state index in [1.54, 1.807) is 4.90 Å². The van der Waals surface area contributed by atoms with Crippen molar-refractivity contribution < 1.29 is 19.5 Å². The summed E-state index contributed by atoms with van der Waals surface area (Å²) in [7, 11) is 0. The molecule has 7 heteroatoms. The number of nitrogens with zero attached hydrogens (tertiary/aromatic N) is 2. The van der Waals surface area contributed by atoms with Gasteiger partial charge in [-0.2, -0.15) is 0 Å². The third-order valence-electron chi connectivity index (χ3n) is 4.68. The van der Waals surface area contributed by atoms with Gasteiger partial charge in [-0.25, -0.2) is 4.79 Å². The van der Waals surface area contributed by atoms with Crippen LogP contribution in [0.4, 0.5) is 5.69 Å². The van der Waals surface area contributed by atoms with Crippen LogP contribution in [0.25, 0.3) is 0 Å². The number of carboxylic acids is 1. The van der Waals surface area contributed by atoms with E-state index in [1.807, 2.05) is 30.3 Å². The van der Waals surface area contributed by atoms with E-state index in [0.29, 0.717) is 32.6 Å². The summed E-state index contributed by atoms with van der Waals surface area (Å²) in [6.45, 7) is 1.29. The van der Waals surface area contributed by atoms with E-state index in [0.717, 1.165) is 17.8 Å². The van der Waals surface area contributed by atoms with E-state index in [9.17, 15) is 14.4 Å². The van der Waals surface area contributed by atoms with Crippen molar-refractivity contribution >= 4 is 23.5 Å². The highest BCUT2D eigenvalue weighted by Gasteiger charge is 2.50. The van der Waals surface area contributed by atoms with Crippen molar-refractivity contribution in [2.45, 2.75) is 18.4 Å². The van der Waals surface area contributed by atoms with Crippen LogP contribution in [0.3, 0.4) is 0 Å². The summed E-state index contributed by atoms with van der Waals surface area (Å²) in [6.07, 6.45) is 2.93. The van der Waals surface area contributed by atoms with Crippen molar-refractivity contribution in [3.05, 3.63) is 42.5 Å². The summed E-state index contributed by atoms with van der Waals surface area (Å²) in [6, 6.07) is 9.73. The first-order valence-electron chi connectivity index (χ1n) is 7.84. The number of hydrogen-bond donors (Lipinski definition) is 2. The second kappa shape index (κ2) is 6.35. The third-order valence-corrected chi connectivity index (χ3v) is 4.68. The smallest absolute Gasteiger partial charge is 0.328 e. The third kappa shape index (κ3) is 2.84. The standard InChI is InChI=1S/C17H19N3O4/c21-14(6-7-15(22)23)19-10-8-17(9-11-19)16(24)18-12-20(17)13-4-2-1-3-5-13/h1-7H,8-12H2,(H,18,24)(H,22,23). The Morgan fingerprint density at radius 1 is 1.12 bits per heavy atom. The molecule has 2 aliphatic rings. The number of hydrogen-bond acceptors (Lipinski definition) is 4. The number of benzene rings is 1. The molecule has 2 heterocycles. The summed E-state index contributed by atoms with van der Waals surface area (Å²) < 4.78 is 0. The predicted molar refractivity (Wildman–Crippen MR) is 87.3 cm³/mol. The second-order valence-electron chi connectivity index (χ2n) is 5.96. The van der Waals surface area contributed by atoms with Crippen LogP contribution in [0.15, 0.2) is 42.5 Å². The lowest BCUT2D eigenvalue weighted by Crippen LogP contribution is -2.57. The normalized spacial score (nSPS) is 19.8. The topological polar surface area (TPSA) is 90.0 Å². The van der Waals surface area contributed by atoms with E-state index in [-0.39, 0.29) is 11.8 Å². The van der Waals surface area contributed by atoms with Crippen LogP contribution in [-0.4, -0.2) is 53.1 Å². The molecule has 0 radical (unpaired) electrons. The van der Waals surface area contributed by atoms with E-state index < -0.39 is 11.5 Å². The van der Waals surface area contributed by atoms with Gasteiger partial charge < -0.3 is 20.2 Å².